The van der Waals surface area contributed by atoms with Crippen LogP contribution in [0.2, 0.25) is 20.1 Å². The summed E-state index contributed by atoms with van der Waals surface area (Å²) in [6, 6.07) is 4.66. The predicted octanol–water partition coefficient (Wildman–Crippen LogP) is 6.75. The summed E-state index contributed by atoms with van der Waals surface area (Å²) in [5.41, 5.74) is 0. The van der Waals surface area contributed by atoms with Gasteiger partial charge in [-0.3, -0.25) is 28.8 Å². The van der Waals surface area contributed by atoms with E-state index in [4.69, 9.17) is 88.6 Å². The Bertz CT molecular complexity index is 1870. The molecular weight excluding hydrogens is 733 g/mol. The van der Waals surface area contributed by atoms with Gasteiger partial charge in [-0.1, -0.05) is 69.6 Å². The Morgan fingerprint density at radius 3 is 0.804 bits per heavy atom. The molecule has 0 bridgehead atoms. The van der Waals surface area contributed by atoms with Gasteiger partial charge in [0.15, 0.2) is 23.0 Å². The van der Waals surface area contributed by atoms with Gasteiger partial charge in [0.25, 0.3) is 0 Å². The lowest BCUT2D eigenvalue weighted by atomic mass is 10.1. The van der Waals surface area contributed by atoms with E-state index in [9.17, 15) is 28.8 Å². The van der Waals surface area contributed by atoms with Crippen molar-refractivity contribution in [1.82, 2.24) is 0 Å². The first kappa shape index (κ1) is 33.2. The molecule has 0 atom stereocenters. The van der Waals surface area contributed by atoms with Crippen molar-refractivity contribution in [3.8, 4) is 23.0 Å². The number of hydrogen-bond acceptors (Lipinski definition) is 10. The number of ether oxygens (including phenoxy) is 4. The molecule has 5 rings (SSSR count). The minimum absolute atomic E-state index is 0.114. The van der Waals surface area contributed by atoms with Gasteiger partial charge in [0, 0.05) is 60.7 Å². The van der Waals surface area contributed by atoms with Crippen LogP contribution >= 0.6 is 69.6 Å². The molecule has 3 aliphatic carbocycles. The van der Waals surface area contributed by atoms with Crippen molar-refractivity contribution >= 4 is 104 Å². The maximum atomic E-state index is 12.8. The largest absolute Gasteiger partial charge is 0.451 e. The molecule has 0 saturated carbocycles. The molecule has 0 fully saturated rings. The highest BCUT2D eigenvalue weighted by Crippen LogP contribution is 2.40. The van der Waals surface area contributed by atoms with Crippen molar-refractivity contribution in [3.63, 3.8) is 0 Å². The van der Waals surface area contributed by atoms with E-state index in [2.05, 4.69) is 0 Å². The van der Waals surface area contributed by atoms with Gasteiger partial charge >= 0.3 is 0 Å². The fourth-order valence-electron chi connectivity index (χ4n) is 3.68. The number of allylic oxidation sites excluding steroid dienone is 8. The molecular formula is C30H10Cl6O10. The lowest BCUT2D eigenvalue weighted by Gasteiger charge is -2.17. The number of carbonyl (C=O) groups is 6. The molecule has 2 aromatic carbocycles. The van der Waals surface area contributed by atoms with Gasteiger partial charge in [0.05, 0.1) is 30.2 Å². The summed E-state index contributed by atoms with van der Waals surface area (Å²) in [5, 5.41) is -1.06. The zero-order chi connectivity index (χ0) is 33.4. The van der Waals surface area contributed by atoms with Gasteiger partial charge in [-0.2, -0.15) is 0 Å². The van der Waals surface area contributed by atoms with Crippen LogP contribution in [0.1, 0.15) is 0 Å². The van der Waals surface area contributed by atoms with Gasteiger partial charge in [-0.25, -0.2) is 0 Å². The lowest BCUT2D eigenvalue weighted by molar-refractivity contribution is -0.117. The van der Waals surface area contributed by atoms with Crippen LogP contribution in [0.4, 0.5) is 0 Å². The summed E-state index contributed by atoms with van der Waals surface area (Å²) in [7, 11) is 0. The first-order valence-electron chi connectivity index (χ1n) is 12.3. The van der Waals surface area contributed by atoms with Crippen LogP contribution in [0.25, 0.3) is 0 Å². The molecule has 10 nitrogen and oxygen atoms in total. The molecule has 46 heavy (non-hydrogen) atoms. The maximum absolute atomic E-state index is 12.8. The molecule has 3 aliphatic rings. The summed E-state index contributed by atoms with van der Waals surface area (Å²) < 4.78 is 21.9. The van der Waals surface area contributed by atoms with E-state index in [0.717, 1.165) is 48.6 Å². The molecule has 0 heterocycles. The molecule has 16 heteroatoms. The standard InChI is InChI=1S/C30H10Cl6O10/c31-11-1-19(39)27(7-17(11)37)43-23-3-15(35)25(5-13(23)33)45-29-9-22(42)30(10-21(29)41)46-26-6-14(34)24(4-16(26)36)44-28-8-18(38)12(32)2-20(28)40/h1-10H. The number of hydrogen-bond donors (Lipinski definition) is 0. The normalized spacial score (nSPS) is 16.7. The third-order valence-electron chi connectivity index (χ3n) is 5.86. The molecule has 0 unspecified atom stereocenters. The molecule has 232 valence electrons. The van der Waals surface area contributed by atoms with Gasteiger partial charge in [0.2, 0.25) is 34.7 Å². The second-order valence-corrected chi connectivity index (χ2v) is 11.5. The summed E-state index contributed by atoms with van der Waals surface area (Å²) in [5.74, 6) is -6.38. The van der Waals surface area contributed by atoms with Crippen molar-refractivity contribution in [1.29, 1.82) is 0 Å². The van der Waals surface area contributed by atoms with E-state index in [1.54, 1.807) is 0 Å². The Morgan fingerprint density at radius 2 is 0.543 bits per heavy atom. The van der Waals surface area contributed by atoms with Crippen molar-refractivity contribution in [3.05, 3.63) is 114 Å². The van der Waals surface area contributed by atoms with E-state index in [0.29, 0.717) is 0 Å². The molecule has 0 spiro atoms. The summed E-state index contributed by atoms with van der Waals surface area (Å²) in [6.07, 6.45) is 5.23. The Balaban J connectivity index is 1.28. The lowest BCUT2D eigenvalue weighted by Crippen LogP contribution is -2.20. The molecule has 0 saturated heterocycles. The van der Waals surface area contributed by atoms with E-state index < -0.39 is 46.2 Å². The van der Waals surface area contributed by atoms with E-state index in [-0.39, 0.29) is 64.7 Å². The van der Waals surface area contributed by atoms with E-state index in [1.165, 1.54) is 12.1 Å². The molecule has 0 aliphatic heterocycles. The maximum Gasteiger partial charge on any atom is 0.225 e. The van der Waals surface area contributed by atoms with Crippen LogP contribution in [0.3, 0.4) is 0 Å². The van der Waals surface area contributed by atoms with Gasteiger partial charge in [-0.15, -0.1) is 0 Å². The topological polar surface area (TPSA) is 139 Å². The van der Waals surface area contributed by atoms with Crippen LogP contribution in [-0.2, 0) is 28.8 Å². The van der Waals surface area contributed by atoms with Crippen LogP contribution in [0.15, 0.2) is 93.8 Å². The van der Waals surface area contributed by atoms with Gasteiger partial charge in [-0.05, 0) is 0 Å². The minimum Gasteiger partial charge on any atom is -0.451 e. The molecule has 0 radical (unpaired) electrons. The predicted molar refractivity (Wildman–Crippen MR) is 166 cm³/mol. The highest BCUT2D eigenvalue weighted by atomic mass is 35.5. The Labute approximate surface area is 287 Å². The average molecular weight is 743 g/mol. The first-order valence-corrected chi connectivity index (χ1v) is 14.5. The summed E-state index contributed by atoms with van der Waals surface area (Å²) in [6.45, 7) is 0. The van der Waals surface area contributed by atoms with Gasteiger partial charge in [0.1, 0.15) is 23.0 Å². The van der Waals surface area contributed by atoms with Crippen molar-refractivity contribution in [2.24, 2.45) is 0 Å². The molecule has 0 aromatic heterocycles. The molecule has 0 N–H and O–H groups in total. The summed E-state index contributed by atoms with van der Waals surface area (Å²) >= 11 is 36.3. The number of rotatable bonds is 8. The highest BCUT2D eigenvalue weighted by Gasteiger charge is 2.28. The Kier molecular flexibility index (Phi) is 9.59. The third-order valence-corrected chi connectivity index (χ3v) is 7.63. The fraction of sp³-hybridized carbons (Fsp3) is 0. The van der Waals surface area contributed by atoms with Crippen molar-refractivity contribution in [2.45, 2.75) is 0 Å². The zero-order valence-corrected chi connectivity index (χ0v) is 26.7. The average Bonchev–Trinajstić information content (AvgIpc) is 2.97. The van der Waals surface area contributed by atoms with E-state index >= 15 is 0 Å². The summed E-state index contributed by atoms with van der Waals surface area (Å²) in [4.78, 5) is 73.4. The second-order valence-electron chi connectivity index (χ2n) is 9.04. The van der Waals surface area contributed by atoms with Crippen LogP contribution in [-0.4, -0.2) is 34.7 Å². The Morgan fingerprint density at radius 1 is 0.326 bits per heavy atom. The minimum atomic E-state index is -0.802. The van der Waals surface area contributed by atoms with Crippen molar-refractivity contribution < 1.29 is 47.7 Å². The quantitative estimate of drug-likeness (QED) is 0.267. The SMILES string of the molecule is O=C1C=C(Oc2cc(Cl)c(OC3=CC(=O)C(Oc4cc(Cl)c(OC5=CC(=O)C(Cl)=CC5=O)cc4Cl)=CC3=O)cc2Cl)C(=O)C=C1Cl. The first-order chi connectivity index (χ1) is 21.7. The number of benzene rings is 2. The number of carbonyl (C=O) groups excluding carboxylic acids is 6. The number of halogens is 6. The number of ketones is 6. The Hall–Kier alpha value is -4.16. The third kappa shape index (κ3) is 7.13. The zero-order valence-electron chi connectivity index (χ0n) is 22.1. The van der Waals surface area contributed by atoms with Crippen LogP contribution < -0.4 is 18.9 Å². The highest BCUT2D eigenvalue weighted by molar-refractivity contribution is 6.48. The second kappa shape index (κ2) is 13.3. The molecule has 2 aromatic rings. The van der Waals surface area contributed by atoms with E-state index in [1.807, 2.05) is 0 Å². The van der Waals surface area contributed by atoms with Gasteiger partial charge < -0.3 is 18.9 Å². The monoisotopic (exact) mass is 740 g/mol. The van der Waals surface area contributed by atoms with Crippen molar-refractivity contribution in [2.75, 3.05) is 0 Å². The smallest absolute Gasteiger partial charge is 0.225 e. The fourth-order valence-corrected chi connectivity index (χ4v) is 4.76. The van der Waals surface area contributed by atoms with Crippen LogP contribution in [0, 0.1) is 0 Å². The molecule has 0 amide bonds. The van der Waals surface area contributed by atoms with Crippen LogP contribution in [0.5, 0.6) is 23.0 Å².